The van der Waals surface area contributed by atoms with Crippen molar-refractivity contribution >= 4 is 28.3 Å². The highest BCUT2D eigenvalue weighted by atomic mass is 32.1. The van der Waals surface area contributed by atoms with Gasteiger partial charge in [-0.25, -0.2) is 4.98 Å². The second-order valence-corrected chi connectivity index (χ2v) is 6.37. The van der Waals surface area contributed by atoms with Crippen LogP contribution >= 0.6 is 11.3 Å². The molecule has 3 N–H and O–H groups in total. The van der Waals surface area contributed by atoms with E-state index in [2.05, 4.69) is 15.6 Å². The molecule has 2 atom stereocenters. The fourth-order valence-corrected chi connectivity index (χ4v) is 3.31. The third kappa shape index (κ3) is 3.09. The van der Waals surface area contributed by atoms with Crippen molar-refractivity contribution < 1.29 is 14.7 Å². The molecule has 1 aromatic heterocycles. The molecule has 0 fully saturated rings. The quantitative estimate of drug-likeness (QED) is 0.767. The molecular weight excluding hydrogens is 278 g/mol. The minimum absolute atomic E-state index is 0.0874. The molecule has 1 amide bonds. The molecule has 0 spiro atoms. The second kappa shape index (κ2) is 5.78. The molecule has 2 unspecified atom stereocenters. The van der Waals surface area contributed by atoms with Crippen LogP contribution in [-0.4, -0.2) is 34.1 Å². The molecule has 0 bridgehead atoms. The number of carboxylic acid groups (broad SMARTS) is 1. The molecule has 0 aromatic carbocycles. The normalized spacial score (nSPS) is 18.7. The van der Waals surface area contributed by atoms with Crippen LogP contribution in [0.2, 0.25) is 0 Å². The molecule has 2 rings (SSSR count). The van der Waals surface area contributed by atoms with Crippen LogP contribution in [0, 0.1) is 0 Å². The lowest BCUT2D eigenvalue weighted by atomic mass is 10.1. The van der Waals surface area contributed by atoms with Crippen LogP contribution in [0.25, 0.3) is 0 Å². The van der Waals surface area contributed by atoms with Gasteiger partial charge in [-0.05, 0) is 33.6 Å². The van der Waals surface area contributed by atoms with E-state index in [1.54, 1.807) is 6.92 Å². The van der Waals surface area contributed by atoms with Crippen molar-refractivity contribution in [2.24, 2.45) is 0 Å². The van der Waals surface area contributed by atoms with Crippen LogP contribution in [0.3, 0.4) is 0 Å². The Labute approximate surface area is 121 Å². The Kier molecular flexibility index (Phi) is 4.27. The highest BCUT2D eigenvalue weighted by Crippen LogP contribution is 2.38. The maximum Gasteiger partial charge on any atom is 0.312 e. The Balaban J connectivity index is 2.03. The van der Waals surface area contributed by atoms with Gasteiger partial charge in [0.05, 0.1) is 5.69 Å². The number of hydrogen-bond donors (Lipinski definition) is 3. The van der Waals surface area contributed by atoms with Crippen molar-refractivity contribution in [3.05, 3.63) is 10.6 Å². The van der Waals surface area contributed by atoms with Crippen molar-refractivity contribution in [3.8, 4) is 0 Å². The number of carbonyl (C=O) groups is 2. The van der Waals surface area contributed by atoms with Gasteiger partial charge in [0, 0.05) is 10.9 Å². The maximum atomic E-state index is 11.8. The number of aryl methyl sites for hydroxylation is 1. The van der Waals surface area contributed by atoms with Gasteiger partial charge in [0.1, 0.15) is 12.0 Å². The van der Waals surface area contributed by atoms with E-state index in [0.29, 0.717) is 17.2 Å². The summed E-state index contributed by atoms with van der Waals surface area (Å²) in [7, 11) is 0. The lowest BCUT2D eigenvalue weighted by Gasteiger charge is -2.15. The van der Waals surface area contributed by atoms with Crippen molar-refractivity contribution in [2.75, 3.05) is 5.32 Å². The average Bonchev–Trinajstić information content (AvgIpc) is 2.86. The molecule has 20 heavy (non-hydrogen) atoms. The van der Waals surface area contributed by atoms with E-state index in [4.69, 9.17) is 5.11 Å². The molecule has 1 aromatic rings. The summed E-state index contributed by atoms with van der Waals surface area (Å²) in [5.41, 5.74) is 0.654. The Morgan fingerprint density at radius 3 is 2.70 bits per heavy atom. The van der Waals surface area contributed by atoms with E-state index >= 15 is 0 Å². The van der Waals surface area contributed by atoms with E-state index in [0.717, 1.165) is 11.3 Å². The molecule has 0 radical (unpaired) electrons. The lowest BCUT2D eigenvalue weighted by Crippen LogP contribution is -2.40. The number of rotatable bonds is 5. The summed E-state index contributed by atoms with van der Waals surface area (Å²) >= 11 is 1.44. The number of amides is 1. The van der Waals surface area contributed by atoms with Crippen LogP contribution in [-0.2, 0) is 16.0 Å². The summed E-state index contributed by atoms with van der Waals surface area (Å²) in [6.45, 7) is 5.57. The van der Waals surface area contributed by atoms with Gasteiger partial charge in [0.25, 0.3) is 0 Å². The van der Waals surface area contributed by atoms with Gasteiger partial charge >= 0.3 is 5.97 Å². The first kappa shape index (κ1) is 14.8. The first-order chi connectivity index (χ1) is 9.38. The number of fused-ring (bicyclic) bond motifs is 1. The van der Waals surface area contributed by atoms with Crippen molar-refractivity contribution in [1.82, 2.24) is 10.3 Å². The first-order valence-electron chi connectivity index (χ1n) is 6.67. The molecule has 1 aliphatic carbocycles. The first-order valence-corrected chi connectivity index (χ1v) is 7.49. The van der Waals surface area contributed by atoms with Gasteiger partial charge in [0.15, 0.2) is 5.13 Å². The molecule has 110 valence electrons. The number of hydrogen-bond acceptors (Lipinski definition) is 5. The van der Waals surface area contributed by atoms with Crippen molar-refractivity contribution in [2.45, 2.75) is 51.6 Å². The van der Waals surface area contributed by atoms with Crippen LogP contribution in [0.4, 0.5) is 5.13 Å². The van der Waals surface area contributed by atoms with Crippen LogP contribution in [0.5, 0.6) is 0 Å². The van der Waals surface area contributed by atoms with E-state index in [9.17, 15) is 9.59 Å². The Hall–Kier alpha value is -1.63. The standard InChI is InChI=1S/C13H19N3O3S/c1-6(2)14-11(17)7(3)15-13-16-10-8(12(18)19)4-5-9(10)20-13/h6-8H,4-5H2,1-3H3,(H,14,17)(H,15,16)(H,18,19). The van der Waals surface area contributed by atoms with E-state index in [1.807, 2.05) is 13.8 Å². The number of thiazole rings is 1. The number of carboxylic acids is 1. The molecule has 0 aliphatic heterocycles. The predicted octanol–water partition coefficient (Wildman–Crippen LogP) is 1.58. The third-order valence-electron chi connectivity index (χ3n) is 3.18. The van der Waals surface area contributed by atoms with Gasteiger partial charge in [0.2, 0.25) is 5.91 Å². The van der Waals surface area contributed by atoms with Crippen LogP contribution < -0.4 is 10.6 Å². The minimum Gasteiger partial charge on any atom is -0.481 e. The molecule has 7 heteroatoms. The summed E-state index contributed by atoms with van der Waals surface area (Å²) in [5, 5.41) is 15.6. The molecule has 6 nitrogen and oxygen atoms in total. The minimum atomic E-state index is -0.828. The Morgan fingerprint density at radius 2 is 2.10 bits per heavy atom. The zero-order valence-electron chi connectivity index (χ0n) is 11.8. The number of nitrogens with one attached hydrogen (secondary N) is 2. The number of aromatic nitrogens is 1. The van der Waals surface area contributed by atoms with Gasteiger partial charge in [-0.3, -0.25) is 9.59 Å². The van der Waals surface area contributed by atoms with Gasteiger partial charge in [-0.1, -0.05) is 0 Å². The largest absolute Gasteiger partial charge is 0.481 e. The molecular formula is C13H19N3O3S. The van der Waals surface area contributed by atoms with Crippen molar-refractivity contribution in [1.29, 1.82) is 0 Å². The van der Waals surface area contributed by atoms with Gasteiger partial charge in [-0.15, -0.1) is 11.3 Å². The average molecular weight is 297 g/mol. The third-order valence-corrected chi connectivity index (χ3v) is 4.24. The van der Waals surface area contributed by atoms with E-state index < -0.39 is 17.9 Å². The van der Waals surface area contributed by atoms with Crippen LogP contribution in [0.1, 0.15) is 43.7 Å². The van der Waals surface area contributed by atoms with Crippen molar-refractivity contribution in [3.63, 3.8) is 0 Å². The van der Waals surface area contributed by atoms with E-state index in [-0.39, 0.29) is 11.9 Å². The Bertz CT molecular complexity index is 527. The fourth-order valence-electron chi connectivity index (χ4n) is 2.19. The highest BCUT2D eigenvalue weighted by molar-refractivity contribution is 7.15. The smallest absolute Gasteiger partial charge is 0.312 e. The SMILES string of the molecule is CC(C)NC(=O)C(C)Nc1nc2c(s1)CCC2C(=O)O. The summed E-state index contributed by atoms with van der Waals surface area (Å²) < 4.78 is 0. The zero-order chi connectivity index (χ0) is 14.9. The summed E-state index contributed by atoms with van der Waals surface area (Å²) in [5.74, 6) is -1.42. The number of anilines is 1. The number of carbonyl (C=O) groups excluding carboxylic acids is 1. The predicted molar refractivity (Wildman–Crippen MR) is 77.2 cm³/mol. The van der Waals surface area contributed by atoms with Crippen LogP contribution in [0.15, 0.2) is 0 Å². The van der Waals surface area contributed by atoms with Gasteiger partial charge in [-0.2, -0.15) is 0 Å². The zero-order valence-corrected chi connectivity index (χ0v) is 12.6. The summed E-state index contributed by atoms with van der Waals surface area (Å²) in [6, 6.07) is -0.309. The van der Waals surface area contributed by atoms with Gasteiger partial charge < -0.3 is 15.7 Å². The van der Waals surface area contributed by atoms with E-state index in [1.165, 1.54) is 11.3 Å². The Morgan fingerprint density at radius 1 is 1.40 bits per heavy atom. The summed E-state index contributed by atoms with van der Waals surface area (Å²) in [6.07, 6.45) is 1.37. The monoisotopic (exact) mass is 297 g/mol. The summed E-state index contributed by atoms with van der Waals surface area (Å²) in [4.78, 5) is 28.3. The molecule has 0 saturated carbocycles. The fraction of sp³-hybridized carbons (Fsp3) is 0.615. The lowest BCUT2D eigenvalue weighted by molar-refractivity contribution is -0.138. The topological polar surface area (TPSA) is 91.3 Å². The highest BCUT2D eigenvalue weighted by Gasteiger charge is 2.32. The number of aliphatic carboxylic acids is 1. The molecule has 1 heterocycles. The number of nitrogens with zero attached hydrogens (tertiary/aromatic N) is 1. The molecule has 0 saturated heterocycles. The maximum absolute atomic E-state index is 11.8. The molecule has 1 aliphatic rings. The second-order valence-electron chi connectivity index (χ2n) is 5.29.